The molecule has 0 heterocycles. The molecule has 0 spiro atoms. The fraction of sp³-hybridized carbons (Fsp3) is 0.0417. The minimum absolute atomic E-state index is 0.346. The van der Waals surface area contributed by atoms with Crippen LogP contribution >= 0.6 is 0 Å². The normalized spacial score (nSPS) is 11.4. The summed E-state index contributed by atoms with van der Waals surface area (Å²) >= 11 is 0. The number of nitrogens with zero attached hydrogens (tertiary/aromatic N) is 1. The Labute approximate surface area is 169 Å². The fourth-order valence-corrected chi connectivity index (χ4v) is 2.78. The molecule has 3 aromatic carbocycles. The van der Waals surface area contributed by atoms with Crippen molar-refractivity contribution in [2.75, 3.05) is 5.32 Å². The number of rotatable bonds is 6. The predicted molar refractivity (Wildman–Crippen MR) is 113 cm³/mol. The first kappa shape index (κ1) is 19.6. The van der Waals surface area contributed by atoms with Gasteiger partial charge in [-0.3, -0.25) is 9.59 Å². The van der Waals surface area contributed by atoms with Gasteiger partial charge in [-0.15, -0.1) is 0 Å². The van der Waals surface area contributed by atoms with Crippen LogP contribution in [-0.2, 0) is 9.59 Å². The van der Waals surface area contributed by atoms with E-state index in [0.29, 0.717) is 22.4 Å². The van der Waals surface area contributed by atoms with Crippen LogP contribution in [0.1, 0.15) is 22.7 Å². The Balaban J connectivity index is 1.78. The minimum atomic E-state index is -0.861. The fourth-order valence-electron chi connectivity index (χ4n) is 2.78. The molecule has 3 rings (SSSR count). The summed E-state index contributed by atoms with van der Waals surface area (Å²) in [5.74, 6) is -0.781. The number of hydrogen-bond acceptors (Lipinski definition) is 3. The van der Waals surface area contributed by atoms with E-state index in [4.69, 9.17) is 5.26 Å². The van der Waals surface area contributed by atoms with E-state index in [2.05, 4.69) is 16.7 Å². The van der Waals surface area contributed by atoms with Crippen molar-refractivity contribution in [3.63, 3.8) is 0 Å². The first-order chi connectivity index (χ1) is 14.2. The lowest BCUT2D eigenvalue weighted by Crippen LogP contribution is -2.36. The highest BCUT2D eigenvalue weighted by atomic mass is 16.2. The standard InChI is InChI=1S/C24H19N3O2/c25-17-20-12-8-7-9-18(20)15-16-22(28)27-23(19-10-3-1-4-11-19)24(29)26-21-13-5-2-6-14-21/h1-16,23H,(H,26,29)(H,27,28)/b16-15+. The minimum Gasteiger partial charge on any atom is -0.337 e. The van der Waals surface area contributed by atoms with E-state index < -0.39 is 11.9 Å². The van der Waals surface area contributed by atoms with Crippen LogP contribution in [0.25, 0.3) is 6.08 Å². The molecular weight excluding hydrogens is 362 g/mol. The summed E-state index contributed by atoms with van der Waals surface area (Å²) in [7, 11) is 0. The van der Waals surface area contributed by atoms with Crippen molar-refractivity contribution in [3.05, 3.63) is 108 Å². The third-order valence-electron chi connectivity index (χ3n) is 4.22. The number of benzene rings is 3. The molecule has 29 heavy (non-hydrogen) atoms. The lowest BCUT2D eigenvalue weighted by molar-refractivity contribution is -0.123. The monoisotopic (exact) mass is 381 g/mol. The Bertz CT molecular complexity index is 1050. The van der Waals surface area contributed by atoms with Gasteiger partial charge in [-0.1, -0.05) is 66.7 Å². The number of nitriles is 1. The van der Waals surface area contributed by atoms with Crippen molar-refractivity contribution < 1.29 is 9.59 Å². The summed E-state index contributed by atoms with van der Waals surface area (Å²) in [5, 5.41) is 14.7. The van der Waals surface area contributed by atoms with Gasteiger partial charge in [0.1, 0.15) is 6.04 Å². The number of carbonyl (C=O) groups excluding carboxylic acids is 2. The summed E-state index contributed by atoms with van der Waals surface area (Å²) in [6.07, 6.45) is 2.88. The quantitative estimate of drug-likeness (QED) is 0.632. The predicted octanol–water partition coefficient (Wildman–Crippen LogP) is 4.07. The topological polar surface area (TPSA) is 82.0 Å². The number of carbonyl (C=O) groups is 2. The molecule has 1 unspecified atom stereocenters. The summed E-state index contributed by atoms with van der Waals surface area (Å²) in [5.41, 5.74) is 2.42. The van der Waals surface area contributed by atoms with Crippen molar-refractivity contribution in [2.24, 2.45) is 0 Å². The zero-order chi connectivity index (χ0) is 20.5. The van der Waals surface area contributed by atoms with Gasteiger partial charge in [0.05, 0.1) is 11.6 Å². The molecule has 0 saturated carbocycles. The van der Waals surface area contributed by atoms with Gasteiger partial charge in [0, 0.05) is 11.8 Å². The van der Waals surface area contributed by atoms with Crippen LogP contribution in [0, 0.1) is 11.3 Å². The molecule has 2 amide bonds. The molecule has 0 saturated heterocycles. The van der Waals surface area contributed by atoms with Crippen molar-refractivity contribution in [1.82, 2.24) is 5.32 Å². The second-order valence-electron chi connectivity index (χ2n) is 6.24. The maximum atomic E-state index is 12.8. The lowest BCUT2D eigenvalue weighted by Gasteiger charge is -2.18. The molecule has 2 N–H and O–H groups in total. The highest BCUT2D eigenvalue weighted by Crippen LogP contribution is 2.16. The van der Waals surface area contributed by atoms with Crippen LogP contribution in [0.3, 0.4) is 0 Å². The Morgan fingerprint density at radius 2 is 1.48 bits per heavy atom. The van der Waals surface area contributed by atoms with E-state index in [0.717, 1.165) is 0 Å². The summed E-state index contributed by atoms with van der Waals surface area (Å²) in [6.45, 7) is 0. The van der Waals surface area contributed by atoms with Crippen molar-refractivity contribution >= 4 is 23.6 Å². The van der Waals surface area contributed by atoms with Gasteiger partial charge in [-0.05, 0) is 35.4 Å². The van der Waals surface area contributed by atoms with Crippen LogP contribution in [0.4, 0.5) is 5.69 Å². The van der Waals surface area contributed by atoms with Crippen LogP contribution in [0.5, 0.6) is 0 Å². The van der Waals surface area contributed by atoms with Gasteiger partial charge in [-0.25, -0.2) is 0 Å². The van der Waals surface area contributed by atoms with Gasteiger partial charge in [-0.2, -0.15) is 5.26 Å². The van der Waals surface area contributed by atoms with Gasteiger partial charge in [0.2, 0.25) is 5.91 Å². The van der Waals surface area contributed by atoms with Gasteiger partial charge < -0.3 is 10.6 Å². The maximum Gasteiger partial charge on any atom is 0.251 e. The third kappa shape index (κ3) is 5.41. The van der Waals surface area contributed by atoms with Crippen LogP contribution in [0.2, 0.25) is 0 Å². The van der Waals surface area contributed by atoms with Gasteiger partial charge >= 0.3 is 0 Å². The van der Waals surface area contributed by atoms with Crippen molar-refractivity contribution in [3.8, 4) is 6.07 Å². The Morgan fingerprint density at radius 1 is 0.862 bits per heavy atom. The Hall–Kier alpha value is -4.17. The third-order valence-corrected chi connectivity index (χ3v) is 4.22. The zero-order valence-electron chi connectivity index (χ0n) is 15.6. The van der Waals surface area contributed by atoms with E-state index in [1.165, 1.54) is 6.08 Å². The van der Waals surface area contributed by atoms with Gasteiger partial charge in [0.15, 0.2) is 0 Å². The smallest absolute Gasteiger partial charge is 0.251 e. The molecule has 5 nitrogen and oxygen atoms in total. The summed E-state index contributed by atoms with van der Waals surface area (Å²) < 4.78 is 0. The molecule has 0 aromatic heterocycles. The van der Waals surface area contributed by atoms with E-state index in [-0.39, 0.29) is 5.91 Å². The summed E-state index contributed by atoms with van der Waals surface area (Å²) in [4.78, 5) is 25.3. The average molecular weight is 381 g/mol. The van der Waals surface area contributed by atoms with E-state index in [1.54, 1.807) is 54.6 Å². The molecule has 0 bridgehead atoms. The lowest BCUT2D eigenvalue weighted by atomic mass is 10.1. The highest BCUT2D eigenvalue weighted by molar-refractivity contribution is 6.00. The SMILES string of the molecule is N#Cc1ccccc1/C=C/C(=O)NC(C(=O)Nc1ccccc1)c1ccccc1. The van der Waals surface area contributed by atoms with E-state index >= 15 is 0 Å². The highest BCUT2D eigenvalue weighted by Gasteiger charge is 2.22. The van der Waals surface area contributed by atoms with Crippen LogP contribution in [-0.4, -0.2) is 11.8 Å². The van der Waals surface area contributed by atoms with Crippen molar-refractivity contribution in [1.29, 1.82) is 5.26 Å². The van der Waals surface area contributed by atoms with E-state index in [1.807, 2.05) is 36.4 Å². The number of para-hydroxylation sites is 1. The molecule has 142 valence electrons. The molecule has 3 aromatic rings. The molecule has 1 atom stereocenters. The Morgan fingerprint density at radius 3 is 2.17 bits per heavy atom. The first-order valence-corrected chi connectivity index (χ1v) is 9.06. The molecular formula is C24H19N3O2. The summed E-state index contributed by atoms with van der Waals surface area (Å²) in [6, 6.07) is 26.3. The second-order valence-corrected chi connectivity index (χ2v) is 6.24. The first-order valence-electron chi connectivity index (χ1n) is 9.06. The average Bonchev–Trinajstić information content (AvgIpc) is 2.77. The molecule has 0 aliphatic rings. The number of hydrogen-bond donors (Lipinski definition) is 2. The maximum absolute atomic E-state index is 12.8. The van der Waals surface area contributed by atoms with Crippen LogP contribution < -0.4 is 10.6 Å². The number of anilines is 1. The molecule has 0 aliphatic heterocycles. The van der Waals surface area contributed by atoms with Crippen molar-refractivity contribution in [2.45, 2.75) is 6.04 Å². The number of nitrogens with one attached hydrogen (secondary N) is 2. The largest absolute Gasteiger partial charge is 0.337 e. The van der Waals surface area contributed by atoms with Crippen LogP contribution in [0.15, 0.2) is 91.0 Å². The second kappa shape index (κ2) is 9.67. The molecule has 0 aliphatic carbocycles. The van der Waals surface area contributed by atoms with Gasteiger partial charge in [0.25, 0.3) is 5.91 Å². The van der Waals surface area contributed by atoms with E-state index in [9.17, 15) is 9.59 Å². The molecule has 5 heteroatoms. The zero-order valence-corrected chi connectivity index (χ0v) is 15.6. The number of amides is 2. The molecule has 0 fully saturated rings. The molecule has 0 radical (unpaired) electrons. The Kier molecular flexibility index (Phi) is 6.53.